The van der Waals surface area contributed by atoms with Crippen molar-refractivity contribution in [3.05, 3.63) is 46.6 Å². The van der Waals surface area contributed by atoms with Gasteiger partial charge in [-0.25, -0.2) is 0 Å². The smallest absolute Gasteiger partial charge is 0.223 e. The summed E-state index contributed by atoms with van der Waals surface area (Å²) >= 11 is 6.05. The highest BCUT2D eigenvalue weighted by Gasteiger charge is 2.37. The van der Waals surface area contributed by atoms with Crippen LogP contribution in [0.5, 0.6) is 0 Å². The molecule has 21 heavy (non-hydrogen) atoms. The maximum Gasteiger partial charge on any atom is 0.223 e. The number of halogens is 1. The van der Waals surface area contributed by atoms with Crippen molar-refractivity contribution in [1.29, 1.82) is 0 Å². The molecule has 1 heterocycles. The highest BCUT2D eigenvalue weighted by Crippen LogP contribution is 2.36. The van der Waals surface area contributed by atoms with Gasteiger partial charge < -0.3 is 9.84 Å². The van der Waals surface area contributed by atoms with Gasteiger partial charge in [0.2, 0.25) is 5.89 Å². The van der Waals surface area contributed by atoms with Gasteiger partial charge in [0, 0.05) is 18.5 Å². The van der Waals surface area contributed by atoms with Gasteiger partial charge in [0.25, 0.3) is 0 Å². The summed E-state index contributed by atoms with van der Waals surface area (Å²) < 4.78 is 5.19. The van der Waals surface area contributed by atoms with E-state index in [1.165, 1.54) is 24.8 Å². The van der Waals surface area contributed by atoms with E-state index in [1.54, 1.807) is 0 Å². The van der Waals surface area contributed by atoms with E-state index in [1.807, 2.05) is 25.1 Å². The molecule has 1 N–H and O–H groups in total. The van der Waals surface area contributed by atoms with Gasteiger partial charge in [0.1, 0.15) is 0 Å². The fourth-order valence-electron chi connectivity index (χ4n) is 3.05. The van der Waals surface area contributed by atoms with Crippen LogP contribution in [0.3, 0.4) is 0 Å². The molecule has 5 heteroatoms. The van der Waals surface area contributed by atoms with Crippen LogP contribution < -0.4 is 5.32 Å². The second-order valence-corrected chi connectivity index (χ2v) is 6.20. The summed E-state index contributed by atoms with van der Waals surface area (Å²) in [4.78, 5) is 4.47. The molecule has 0 unspecified atom stereocenters. The minimum absolute atomic E-state index is 0.168. The molecule has 0 bridgehead atoms. The zero-order valence-corrected chi connectivity index (χ0v) is 13.0. The van der Waals surface area contributed by atoms with Gasteiger partial charge in [0.15, 0.2) is 5.82 Å². The standard InChI is InChI=1S/C16H20ClN3O/c1-12-19-15(20-21-12)16(8-3-2-4-9-16)18-11-13-6-5-7-14(17)10-13/h5-7,10,18H,2-4,8-9,11H2,1H3. The number of benzene rings is 1. The van der Waals surface area contributed by atoms with Crippen LogP contribution in [0.2, 0.25) is 5.02 Å². The maximum atomic E-state index is 6.05. The van der Waals surface area contributed by atoms with Gasteiger partial charge in [-0.1, -0.05) is 48.2 Å². The Bertz CT molecular complexity index is 605. The van der Waals surface area contributed by atoms with Crippen LogP contribution in [0, 0.1) is 6.92 Å². The molecule has 1 fully saturated rings. The third-order valence-electron chi connectivity index (χ3n) is 4.18. The molecule has 0 atom stereocenters. The van der Waals surface area contributed by atoms with Crippen LogP contribution in [-0.4, -0.2) is 10.1 Å². The van der Waals surface area contributed by atoms with Crippen molar-refractivity contribution in [2.75, 3.05) is 0 Å². The van der Waals surface area contributed by atoms with Gasteiger partial charge in [-0.15, -0.1) is 0 Å². The summed E-state index contributed by atoms with van der Waals surface area (Å²) in [6, 6.07) is 7.94. The number of hydrogen-bond acceptors (Lipinski definition) is 4. The van der Waals surface area contributed by atoms with Gasteiger partial charge in [-0.3, -0.25) is 0 Å². The van der Waals surface area contributed by atoms with Crippen LogP contribution >= 0.6 is 11.6 Å². The number of aryl methyl sites for hydroxylation is 1. The minimum Gasteiger partial charge on any atom is -0.340 e. The first-order chi connectivity index (χ1) is 10.2. The summed E-state index contributed by atoms with van der Waals surface area (Å²) in [5, 5.41) is 8.60. The molecule has 0 aliphatic heterocycles. The lowest BCUT2D eigenvalue weighted by atomic mass is 9.81. The highest BCUT2D eigenvalue weighted by molar-refractivity contribution is 6.30. The molecular weight excluding hydrogens is 286 g/mol. The van der Waals surface area contributed by atoms with Crippen LogP contribution in [0.1, 0.15) is 49.4 Å². The monoisotopic (exact) mass is 305 g/mol. The Hall–Kier alpha value is -1.39. The largest absolute Gasteiger partial charge is 0.340 e. The molecular formula is C16H20ClN3O. The molecule has 0 amide bonds. The van der Waals surface area contributed by atoms with E-state index in [0.717, 1.165) is 30.2 Å². The van der Waals surface area contributed by atoms with E-state index in [4.69, 9.17) is 16.1 Å². The molecule has 3 rings (SSSR count). The average Bonchev–Trinajstić information content (AvgIpc) is 2.94. The number of hydrogen-bond donors (Lipinski definition) is 1. The molecule has 4 nitrogen and oxygen atoms in total. The summed E-state index contributed by atoms with van der Waals surface area (Å²) in [5.74, 6) is 1.42. The Morgan fingerprint density at radius 1 is 1.29 bits per heavy atom. The predicted octanol–water partition coefficient (Wildman–Crippen LogP) is 3.98. The molecule has 112 valence electrons. The SMILES string of the molecule is Cc1nc(C2(NCc3cccc(Cl)c3)CCCCC2)no1. The quantitative estimate of drug-likeness (QED) is 0.928. The van der Waals surface area contributed by atoms with Crippen LogP contribution in [-0.2, 0) is 12.1 Å². The number of nitrogens with zero attached hydrogens (tertiary/aromatic N) is 2. The molecule has 1 aliphatic carbocycles. The van der Waals surface area contributed by atoms with Gasteiger partial charge in [-0.05, 0) is 30.5 Å². The van der Waals surface area contributed by atoms with Crippen molar-refractivity contribution in [2.45, 2.75) is 51.1 Å². The van der Waals surface area contributed by atoms with E-state index in [9.17, 15) is 0 Å². The molecule has 1 aliphatic rings. The summed E-state index contributed by atoms with van der Waals surface area (Å²) in [6.45, 7) is 2.60. The molecule has 0 radical (unpaired) electrons. The van der Waals surface area contributed by atoms with Crippen molar-refractivity contribution >= 4 is 11.6 Å². The molecule has 1 aromatic heterocycles. The number of nitrogens with one attached hydrogen (secondary N) is 1. The van der Waals surface area contributed by atoms with Crippen molar-refractivity contribution in [1.82, 2.24) is 15.5 Å². The molecule has 1 aromatic carbocycles. The third kappa shape index (κ3) is 3.27. The Kier molecular flexibility index (Phi) is 4.27. The fourth-order valence-corrected chi connectivity index (χ4v) is 3.26. The van der Waals surface area contributed by atoms with Crippen molar-refractivity contribution in [3.8, 4) is 0 Å². The normalized spacial score (nSPS) is 17.8. The maximum absolute atomic E-state index is 6.05. The molecule has 0 saturated heterocycles. The first kappa shape index (κ1) is 14.5. The van der Waals surface area contributed by atoms with Crippen LogP contribution in [0.15, 0.2) is 28.8 Å². The van der Waals surface area contributed by atoms with Crippen molar-refractivity contribution in [2.24, 2.45) is 0 Å². The first-order valence-corrected chi connectivity index (χ1v) is 7.86. The highest BCUT2D eigenvalue weighted by atomic mass is 35.5. The summed E-state index contributed by atoms with van der Waals surface area (Å²) in [7, 11) is 0. The zero-order valence-electron chi connectivity index (χ0n) is 12.2. The number of aromatic nitrogens is 2. The number of rotatable bonds is 4. The minimum atomic E-state index is -0.168. The fraction of sp³-hybridized carbons (Fsp3) is 0.500. The Labute approximate surface area is 129 Å². The zero-order chi connectivity index (χ0) is 14.7. The van der Waals surface area contributed by atoms with Gasteiger partial charge in [0.05, 0.1) is 5.54 Å². The first-order valence-electron chi connectivity index (χ1n) is 7.48. The van der Waals surface area contributed by atoms with E-state index < -0.39 is 0 Å². The lowest BCUT2D eigenvalue weighted by Crippen LogP contribution is -2.44. The van der Waals surface area contributed by atoms with E-state index in [2.05, 4.69) is 21.5 Å². The second kappa shape index (κ2) is 6.16. The molecule has 0 spiro atoms. The Morgan fingerprint density at radius 2 is 2.10 bits per heavy atom. The van der Waals surface area contributed by atoms with Crippen molar-refractivity contribution < 1.29 is 4.52 Å². The molecule has 1 saturated carbocycles. The Morgan fingerprint density at radius 3 is 2.76 bits per heavy atom. The van der Waals surface area contributed by atoms with E-state index >= 15 is 0 Å². The van der Waals surface area contributed by atoms with E-state index in [0.29, 0.717) is 5.89 Å². The van der Waals surface area contributed by atoms with E-state index in [-0.39, 0.29) is 5.54 Å². The van der Waals surface area contributed by atoms with Crippen LogP contribution in [0.4, 0.5) is 0 Å². The molecule has 2 aromatic rings. The topological polar surface area (TPSA) is 51.0 Å². The summed E-state index contributed by atoms with van der Waals surface area (Å²) in [6.07, 6.45) is 5.75. The van der Waals surface area contributed by atoms with Gasteiger partial charge in [-0.2, -0.15) is 4.98 Å². The lowest BCUT2D eigenvalue weighted by molar-refractivity contribution is 0.211. The lowest BCUT2D eigenvalue weighted by Gasteiger charge is -2.35. The van der Waals surface area contributed by atoms with Crippen LogP contribution in [0.25, 0.3) is 0 Å². The second-order valence-electron chi connectivity index (χ2n) is 5.76. The van der Waals surface area contributed by atoms with Crippen molar-refractivity contribution in [3.63, 3.8) is 0 Å². The summed E-state index contributed by atoms with van der Waals surface area (Å²) in [5.41, 5.74) is 1.01. The Balaban J connectivity index is 1.79. The third-order valence-corrected chi connectivity index (χ3v) is 4.42. The van der Waals surface area contributed by atoms with Gasteiger partial charge >= 0.3 is 0 Å². The predicted molar refractivity (Wildman–Crippen MR) is 82.1 cm³/mol. The average molecular weight is 306 g/mol.